The van der Waals surface area contributed by atoms with Crippen molar-refractivity contribution in [2.45, 2.75) is 26.4 Å². The van der Waals surface area contributed by atoms with Gasteiger partial charge >= 0.3 is 0 Å². The monoisotopic (exact) mass is 362 g/mol. The van der Waals surface area contributed by atoms with Crippen LogP contribution in [0.3, 0.4) is 0 Å². The van der Waals surface area contributed by atoms with E-state index >= 15 is 0 Å². The number of aromatic nitrogens is 1. The molecule has 1 aliphatic rings. The molecule has 0 unspecified atom stereocenters. The highest BCUT2D eigenvalue weighted by Crippen LogP contribution is 2.31. The van der Waals surface area contributed by atoms with E-state index in [4.69, 9.17) is 9.72 Å². The second kappa shape index (κ2) is 7.57. The van der Waals surface area contributed by atoms with Crippen LogP contribution in [0.5, 0.6) is 5.75 Å². The fourth-order valence-electron chi connectivity index (χ4n) is 4.10. The van der Waals surface area contributed by atoms with E-state index in [1.807, 2.05) is 24.3 Å². The maximum atomic E-state index is 9.34. The van der Waals surface area contributed by atoms with Gasteiger partial charge in [0, 0.05) is 18.5 Å². The van der Waals surface area contributed by atoms with Gasteiger partial charge in [-0.05, 0) is 54.5 Å². The number of aliphatic hydroxyl groups excluding tert-OH is 1. The average molecular weight is 362 g/mol. The topological polar surface area (TPSA) is 45.6 Å². The summed E-state index contributed by atoms with van der Waals surface area (Å²) in [7, 11) is 1.70. The zero-order valence-electron chi connectivity index (χ0n) is 16.0. The minimum Gasteiger partial charge on any atom is -0.494 e. The van der Waals surface area contributed by atoms with Crippen molar-refractivity contribution < 1.29 is 9.84 Å². The lowest BCUT2D eigenvalue weighted by Crippen LogP contribution is -2.21. The molecule has 4 rings (SSSR count). The Balaban J connectivity index is 1.54. The molecule has 0 aliphatic carbocycles. The first kappa shape index (κ1) is 17.8. The second-order valence-corrected chi connectivity index (χ2v) is 7.44. The number of nitrogens with zero attached hydrogens (tertiary/aromatic N) is 2. The number of hydrogen-bond acceptors (Lipinski definition) is 4. The van der Waals surface area contributed by atoms with Gasteiger partial charge in [0.2, 0.25) is 0 Å². The summed E-state index contributed by atoms with van der Waals surface area (Å²) >= 11 is 0. The summed E-state index contributed by atoms with van der Waals surface area (Å²) < 4.78 is 5.52. The van der Waals surface area contributed by atoms with Crippen LogP contribution in [-0.4, -0.2) is 30.3 Å². The molecule has 0 amide bonds. The predicted octanol–water partition coefficient (Wildman–Crippen LogP) is 4.11. The number of benzene rings is 2. The Bertz CT molecular complexity index is 954. The highest BCUT2D eigenvalue weighted by atomic mass is 16.5. The molecular weight excluding hydrogens is 336 g/mol. The first-order valence-corrected chi connectivity index (χ1v) is 9.56. The minimum atomic E-state index is 0.104. The number of methoxy groups -OCH3 is 1. The summed E-state index contributed by atoms with van der Waals surface area (Å²) in [5, 5.41) is 10.5. The van der Waals surface area contributed by atoms with Gasteiger partial charge in [-0.1, -0.05) is 36.4 Å². The lowest BCUT2D eigenvalue weighted by molar-refractivity contribution is 0.281. The molecule has 1 aromatic heterocycles. The van der Waals surface area contributed by atoms with Crippen molar-refractivity contribution in [1.82, 2.24) is 4.98 Å². The van der Waals surface area contributed by atoms with Gasteiger partial charge in [0.05, 0.1) is 13.7 Å². The third kappa shape index (κ3) is 3.62. The maximum Gasteiger partial charge on any atom is 0.145 e. The number of aryl methyl sites for hydroxylation is 1. The zero-order chi connectivity index (χ0) is 18.8. The Morgan fingerprint density at radius 3 is 2.78 bits per heavy atom. The molecule has 3 aromatic rings. The van der Waals surface area contributed by atoms with Gasteiger partial charge in [0.25, 0.3) is 0 Å². The molecule has 4 nitrogen and oxygen atoms in total. The molecule has 4 heteroatoms. The van der Waals surface area contributed by atoms with Crippen LogP contribution in [0.4, 0.5) is 5.82 Å². The summed E-state index contributed by atoms with van der Waals surface area (Å²) in [5.41, 5.74) is 4.46. The fourth-order valence-corrected chi connectivity index (χ4v) is 4.10. The van der Waals surface area contributed by atoms with Crippen LogP contribution < -0.4 is 9.64 Å². The van der Waals surface area contributed by atoms with E-state index in [1.54, 1.807) is 7.11 Å². The molecule has 27 heavy (non-hydrogen) atoms. The number of para-hydroxylation sites is 1. The molecule has 0 radical (unpaired) electrons. The van der Waals surface area contributed by atoms with Crippen molar-refractivity contribution in [3.8, 4) is 5.75 Å². The van der Waals surface area contributed by atoms with Crippen molar-refractivity contribution in [2.24, 2.45) is 5.92 Å². The van der Waals surface area contributed by atoms with Crippen molar-refractivity contribution >= 4 is 16.7 Å². The lowest BCUT2D eigenvalue weighted by atomic mass is 9.97. The van der Waals surface area contributed by atoms with Gasteiger partial charge < -0.3 is 14.7 Å². The van der Waals surface area contributed by atoms with Crippen molar-refractivity contribution in [3.63, 3.8) is 0 Å². The predicted molar refractivity (Wildman–Crippen MR) is 109 cm³/mol. The number of aliphatic hydroxyl groups is 1. The van der Waals surface area contributed by atoms with Gasteiger partial charge in [-0.15, -0.1) is 0 Å². The van der Waals surface area contributed by atoms with E-state index in [2.05, 4.69) is 36.1 Å². The Hall–Kier alpha value is -2.59. The lowest BCUT2D eigenvalue weighted by Gasteiger charge is -2.20. The van der Waals surface area contributed by atoms with E-state index in [0.717, 1.165) is 54.0 Å². The van der Waals surface area contributed by atoms with Gasteiger partial charge in [0.15, 0.2) is 0 Å². The van der Waals surface area contributed by atoms with E-state index < -0.39 is 0 Å². The van der Waals surface area contributed by atoms with Gasteiger partial charge in [-0.2, -0.15) is 0 Å². The molecule has 0 spiro atoms. The van der Waals surface area contributed by atoms with Crippen LogP contribution in [0.15, 0.2) is 48.5 Å². The summed E-state index contributed by atoms with van der Waals surface area (Å²) in [5.74, 6) is 2.47. The maximum absolute atomic E-state index is 9.34. The van der Waals surface area contributed by atoms with Crippen LogP contribution in [0.1, 0.15) is 23.1 Å². The van der Waals surface area contributed by atoms with E-state index in [-0.39, 0.29) is 6.61 Å². The fraction of sp³-hybridized carbons (Fsp3) is 0.348. The van der Waals surface area contributed by atoms with E-state index in [9.17, 15) is 5.11 Å². The molecule has 1 fully saturated rings. The highest BCUT2D eigenvalue weighted by molar-refractivity contribution is 5.88. The van der Waals surface area contributed by atoms with Gasteiger partial charge in [0.1, 0.15) is 17.1 Å². The van der Waals surface area contributed by atoms with Crippen LogP contribution in [0.2, 0.25) is 0 Å². The number of hydrogen-bond donors (Lipinski definition) is 1. The van der Waals surface area contributed by atoms with Crippen LogP contribution in [0, 0.1) is 12.8 Å². The summed E-state index contributed by atoms with van der Waals surface area (Å²) in [6, 6.07) is 16.6. The van der Waals surface area contributed by atoms with Crippen molar-refractivity contribution in [3.05, 3.63) is 65.2 Å². The number of rotatable bonds is 5. The molecule has 2 heterocycles. The molecule has 0 saturated carbocycles. The molecule has 140 valence electrons. The van der Waals surface area contributed by atoms with Crippen molar-refractivity contribution in [1.29, 1.82) is 0 Å². The number of pyridine rings is 1. The SMILES string of the molecule is COc1cccc2c(C)cc(N3CC[C@H](Cc4cccc(CO)c4)C3)nc12. The third-order valence-corrected chi connectivity index (χ3v) is 5.52. The molecule has 1 N–H and O–H groups in total. The zero-order valence-corrected chi connectivity index (χ0v) is 16.0. The Morgan fingerprint density at radius 2 is 1.96 bits per heavy atom. The van der Waals surface area contributed by atoms with E-state index in [0.29, 0.717) is 5.92 Å². The molecule has 1 saturated heterocycles. The van der Waals surface area contributed by atoms with E-state index in [1.165, 1.54) is 11.1 Å². The first-order chi connectivity index (χ1) is 13.2. The smallest absolute Gasteiger partial charge is 0.145 e. The van der Waals surface area contributed by atoms with Crippen LogP contribution >= 0.6 is 0 Å². The highest BCUT2D eigenvalue weighted by Gasteiger charge is 2.24. The molecular formula is C23H26N2O2. The second-order valence-electron chi connectivity index (χ2n) is 7.44. The number of fused-ring (bicyclic) bond motifs is 1. The summed E-state index contributed by atoms with van der Waals surface area (Å²) in [6.07, 6.45) is 2.20. The molecule has 1 aliphatic heterocycles. The Kier molecular flexibility index (Phi) is 4.99. The van der Waals surface area contributed by atoms with Gasteiger partial charge in [-0.25, -0.2) is 4.98 Å². The minimum absolute atomic E-state index is 0.104. The summed E-state index contributed by atoms with van der Waals surface area (Å²) in [6.45, 7) is 4.28. The summed E-state index contributed by atoms with van der Waals surface area (Å²) in [4.78, 5) is 7.31. The largest absolute Gasteiger partial charge is 0.494 e. The Labute approximate surface area is 160 Å². The molecule has 0 bridgehead atoms. The molecule has 1 atom stereocenters. The van der Waals surface area contributed by atoms with Gasteiger partial charge in [-0.3, -0.25) is 0 Å². The standard InChI is InChI=1S/C23H26N2O2/c1-16-11-22(24-23-20(16)7-4-8-21(23)27-2)25-10-9-18(14-25)12-17-5-3-6-19(13-17)15-26/h3-8,11,13,18,26H,9-10,12,14-15H2,1-2H3/t18-/m1/s1. The molecule has 2 aromatic carbocycles. The quantitative estimate of drug-likeness (QED) is 0.742. The Morgan fingerprint density at radius 1 is 1.15 bits per heavy atom. The number of anilines is 1. The number of ether oxygens (including phenoxy) is 1. The van der Waals surface area contributed by atoms with Crippen LogP contribution in [-0.2, 0) is 13.0 Å². The van der Waals surface area contributed by atoms with Crippen LogP contribution in [0.25, 0.3) is 10.9 Å². The average Bonchev–Trinajstić information content (AvgIpc) is 3.16. The normalized spacial score (nSPS) is 16.9. The third-order valence-electron chi connectivity index (χ3n) is 5.52. The first-order valence-electron chi connectivity index (χ1n) is 9.56. The van der Waals surface area contributed by atoms with Crippen molar-refractivity contribution in [2.75, 3.05) is 25.1 Å².